The van der Waals surface area contributed by atoms with Gasteiger partial charge in [-0.2, -0.15) is 0 Å². The van der Waals surface area contributed by atoms with E-state index in [1.165, 1.54) is 11.3 Å². The van der Waals surface area contributed by atoms with Crippen molar-refractivity contribution in [3.63, 3.8) is 0 Å². The number of anilines is 1. The molecule has 0 saturated carbocycles. The lowest BCUT2D eigenvalue weighted by Crippen LogP contribution is -2.14. The number of benzene rings is 1. The molecular weight excluding hydrogens is 276 g/mol. The summed E-state index contributed by atoms with van der Waals surface area (Å²) in [4.78, 5) is 16.1. The van der Waals surface area contributed by atoms with E-state index in [1.807, 2.05) is 32.9 Å². The molecule has 0 bridgehead atoms. The molecular formula is C14H16N2OS2. The fourth-order valence-electron chi connectivity index (χ4n) is 2.00. The predicted octanol–water partition coefficient (Wildman–Crippen LogP) is 3.91. The monoisotopic (exact) mass is 292 g/mol. The fraction of sp³-hybridized carbons (Fsp3) is 0.286. The minimum atomic E-state index is -0.0154. The summed E-state index contributed by atoms with van der Waals surface area (Å²) in [5, 5.41) is 2.93. The highest BCUT2D eigenvalue weighted by atomic mass is 32.1. The Labute approximate surface area is 121 Å². The number of carbonyl (C=O) groups is 1. The predicted molar refractivity (Wildman–Crippen MR) is 82.5 cm³/mol. The maximum absolute atomic E-state index is 12.0. The first-order valence-corrected chi connectivity index (χ1v) is 7.23. The van der Waals surface area contributed by atoms with E-state index in [0.717, 1.165) is 27.4 Å². The number of rotatable bonds is 3. The van der Waals surface area contributed by atoms with E-state index >= 15 is 0 Å². The first-order chi connectivity index (χ1) is 8.94. The number of aryl methyl sites for hydroxylation is 3. The van der Waals surface area contributed by atoms with Gasteiger partial charge in [0, 0.05) is 16.3 Å². The minimum Gasteiger partial charge on any atom is -0.341 e. The summed E-state index contributed by atoms with van der Waals surface area (Å²) in [6.45, 7) is 5.97. The molecule has 100 valence electrons. The molecule has 0 aliphatic rings. The second-order valence-corrected chi connectivity index (χ2v) is 6.44. The van der Waals surface area contributed by atoms with Gasteiger partial charge in [-0.1, -0.05) is 6.07 Å². The van der Waals surface area contributed by atoms with Crippen LogP contribution in [0.1, 0.15) is 21.7 Å². The van der Waals surface area contributed by atoms with Crippen LogP contribution in [0.4, 0.5) is 5.69 Å². The number of aromatic amines is 1. The second-order valence-electron chi connectivity index (χ2n) is 4.66. The second kappa shape index (κ2) is 5.67. The highest BCUT2D eigenvalue weighted by Crippen LogP contribution is 2.17. The Kier molecular flexibility index (Phi) is 4.17. The van der Waals surface area contributed by atoms with Crippen LogP contribution in [0.2, 0.25) is 0 Å². The SMILES string of the molecule is Cc1cc(C)cc(NC(=O)Cc2sc(=S)[nH]c2C)c1. The molecule has 2 aromatic rings. The Morgan fingerprint density at radius 3 is 2.42 bits per heavy atom. The third kappa shape index (κ3) is 3.75. The molecule has 0 spiro atoms. The van der Waals surface area contributed by atoms with E-state index in [2.05, 4.69) is 16.4 Å². The zero-order valence-corrected chi connectivity index (χ0v) is 12.8. The van der Waals surface area contributed by atoms with E-state index in [9.17, 15) is 4.79 Å². The number of carbonyl (C=O) groups excluding carboxylic acids is 1. The molecule has 1 aromatic heterocycles. The van der Waals surface area contributed by atoms with Crippen molar-refractivity contribution in [3.05, 3.63) is 43.9 Å². The standard InChI is InChI=1S/C14H16N2OS2/c1-8-4-9(2)6-11(5-8)16-13(17)7-12-10(3)15-14(18)19-12/h4-6H,7H2,1-3H3,(H,15,18)(H,16,17). The van der Waals surface area contributed by atoms with E-state index in [-0.39, 0.29) is 5.91 Å². The molecule has 19 heavy (non-hydrogen) atoms. The van der Waals surface area contributed by atoms with Crippen LogP contribution in [0.15, 0.2) is 18.2 Å². The molecule has 0 radical (unpaired) electrons. The molecule has 0 saturated heterocycles. The highest BCUT2D eigenvalue weighted by Gasteiger charge is 2.09. The molecule has 2 N–H and O–H groups in total. The van der Waals surface area contributed by atoms with Crippen LogP contribution in [0, 0.1) is 24.7 Å². The number of H-pyrrole nitrogens is 1. The molecule has 2 rings (SSSR count). The Hall–Kier alpha value is -1.46. The fourth-order valence-corrected chi connectivity index (χ4v) is 3.29. The third-order valence-electron chi connectivity index (χ3n) is 2.75. The summed E-state index contributed by atoms with van der Waals surface area (Å²) >= 11 is 6.53. The number of hydrogen-bond acceptors (Lipinski definition) is 3. The molecule has 5 heteroatoms. The number of nitrogens with one attached hydrogen (secondary N) is 2. The van der Waals surface area contributed by atoms with Crippen LogP contribution >= 0.6 is 23.6 Å². The summed E-state index contributed by atoms with van der Waals surface area (Å²) in [5.41, 5.74) is 4.11. The highest BCUT2D eigenvalue weighted by molar-refractivity contribution is 7.73. The van der Waals surface area contributed by atoms with Crippen LogP contribution < -0.4 is 5.32 Å². The topological polar surface area (TPSA) is 44.9 Å². The van der Waals surface area contributed by atoms with Gasteiger partial charge >= 0.3 is 0 Å². The lowest BCUT2D eigenvalue weighted by Gasteiger charge is -2.07. The lowest BCUT2D eigenvalue weighted by molar-refractivity contribution is -0.115. The number of amides is 1. The summed E-state index contributed by atoms with van der Waals surface area (Å²) in [5.74, 6) is -0.0154. The van der Waals surface area contributed by atoms with Crippen molar-refractivity contribution in [2.24, 2.45) is 0 Å². The van der Waals surface area contributed by atoms with E-state index in [4.69, 9.17) is 12.2 Å². The van der Waals surface area contributed by atoms with Gasteiger partial charge in [0.25, 0.3) is 0 Å². The maximum atomic E-state index is 12.0. The largest absolute Gasteiger partial charge is 0.341 e. The van der Waals surface area contributed by atoms with Gasteiger partial charge in [0.2, 0.25) is 5.91 Å². The van der Waals surface area contributed by atoms with E-state index < -0.39 is 0 Å². The van der Waals surface area contributed by atoms with Crippen LogP contribution in [-0.2, 0) is 11.2 Å². The lowest BCUT2D eigenvalue weighted by atomic mass is 10.1. The van der Waals surface area contributed by atoms with Crippen molar-refractivity contribution in [1.82, 2.24) is 4.98 Å². The molecule has 1 heterocycles. The number of hydrogen-bond donors (Lipinski definition) is 2. The minimum absolute atomic E-state index is 0.0154. The van der Waals surface area contributed by atoms with Gasteiger partial charge in [-0.15, -0.1) is 11.3 Å². The van der Waals surface area contributed by atoms with E-state index in [1.54, 1.807) is 0 Å². The number of aromatic nitrogens is 1. The van der Waals surface area contributed by atoms with Crippen LogP contribution in [0.5, 0.6) is 0 Å². The third-order valence-corrected chi connectivity index (χ3v) is 4.09. The summed E-state index contributed by atoms with van der Waals surface area (Å²) in [6.07, 6.45) is 0.358. The van der Waals surface area contributed by atoms with Crippen LogP contribution in [-0.4, -0.2) is 10.9 Å². The van der Waals surface area contributed by atoms with Crippen molar-refractivity contribution in [2.75, 3.05) is 5.32 Å². The molecule has 0 atom stereocenters. The Balaban J connectivity index is 2.09. The van der Waals surface area contributed by atoms with Crippen molar-refractivity contribution >= 4 is 35.1 Å². The summed E-state index contributed by atoms with van der Waals surface area (Å²) in [7, 11) is 0. The zero-order valence-electron chi connectivity index (χ0n) is 11.2. The Morgan fingerprint density at radius 1 is 1.26 bits per heavy atom. The molecule has 0 fully saturated rings. The van der Waals surface area contributed by atoms with Crippen molar-refractivity contribution < 1.29 is 4.79 Å². The summed E-state index contributed by atoms with van der Waals surface area (Å²) < 4.78 is 0.715. The normalized spacial score (nSPS) is 10.5. The first kappa shape index (κ1) is 14.0. The van der Waals surface area contributed by atoms with Crippen molar-refractivity contribution in [1.29, 1.82) is 0 Å². The molecule has 3 nitrogen and oxygen atoms in total. The van der Waals surface area contributed by atoms with E-state index in [0.29, 0.717) is 10.4 Å². The van der Waals surface area contributed by atoms with Crippen LogP contribution in [0.3, 0.4) is 0 Å². The van der Waals surface area contributed by atoms with Gasteiger partial charge < -0.3 is 10.3 Å². The maximum Gasteiger partial charge on any atom is 0.229 e. The quantitative estimate of drug-likeness (QED) is 0.842. The van der Waals surface area contributed by atoms with Gasteiger partial charge in [0.05, 0.1) is 6.42 Å². The van der Waals surface area contributed by atoms with Crippen molar-refractivity contribution in [2.45, 2.75) is 27.2 Å². The average Bonchev–Trinajstić information content (AvgIpc) is 2.55. The van der Waals surface area contributed by atoms with Gasteiger partial charge in [-0.25, -0.2) is 0 Å². The van der Waals surface area contributed by atoms with Gasteiger partial charge in [0.15, 0.2) is 3.95 Å². The molecule has 0 aliphatic heterocycles. The molecule has 0 aliphatic carbocycles. The Morgan fingerprint density at radius 2 is 1.89 bits per heavy atom. The molecule has 1 aromatic carbocycles. The van der Waals surface area contributed by atoms with Gasteiger partial charge in [0.1, 0.15) is 0 Å². The van der Waals surface area contributed by atoms with Crippen LogP contribution in [0.25, 0.3) is 0 Å². The smallest absolute Gasteiger partial charge is 0.229 e. The molecule has 0 unspecified atom stereocenters. The Bertz CT molecular complexity index is 650. The summed E-state index contributed by atoms with van der Waals surface area (Å²) in [6, 6.07) is 6.02. The molecule has 1 amide bonds. The first-order valence-electron chi connectivity index (χ1n) is 6.01. The number of thiazole rings is 1. The van der Waals surface area contributed by atoms with Gasteiger partial charge in [-0.05, 0) is 56.2 Å². The average molecular weight is 292 g/mol. The van der Waals surface area contributed by atoms with Crippen molar-refractivity contribution in [3.8, 4) is 0 Å². The van der Waals surface area contributed by atoms with Gasteiger partial charge in [-0.3, -0.25) is 4.79 Å². The zero-order chi connectivity index (χ0) is 14.0.